The van der Waals surface area contributed by atoms with E-state index in [-0.39, 0.29) is 5.91 Å². The lowest BCUT2D eigenvalue weighted by Crippen LogP contribution is -2.23. The van der Waals surface area contributed by atoms with Crippen LogP contribution in [0, 0.1) is 0 Å². The molecule has 0 fully saturated rings. The van der Waals surface area contributed by atoms with E-state index < -0.39 is 0 Å². The molecular formula is C9H18N2OS. The molecule has 0 unspecified atom stereocenters. The third-order valence-electron chi connectivity index (χ3n) is 1.35. The van der Waals surface area contributed by atoms with Crippen LogP contribution in [0.15, 0.2) is 12.2 Å². The number of amides is 1. The predicted molar refractivity (Wildman–Crippen MR) is 59.1 cm³/mol. The van der Waals surface area contributed by atoms with Crippen molar-refractivity contribution in [3.8, 4) is 0 Å². The van der Waals surface area contributed by atoms with Crippen LogP contribution in [0.2, 0.25) is 0 Å². The van der Waals surface area contributed by atoms with Gasteiger partial charge in [-0.05, 0) is 20.4 Å². The van der Waals surface area contributed by atoms with Crippen molar-refractivity contribution < 1.29 is 4.79 Å². The zero-order valence-corrected chi connectivity index (χ0v) is 9.36. The van der Waals surface area contributed by atoms with Gasteiger partial charge in [-0.2, -0.15) is 11.8 Å². The number of rotatable bonds is 6. The predicted octanol–water partition coefficient (Wildman–Crippen LogP) is 0.583. The van der Waals surface area contributed by atoms with Gasteiger partial charge in [-0.25, -0.2) is 0 Å². The Morgan fingerprint density at radius 3 is 2.77 bits per heavy atom. The maximum absolute atomic E-state index is 11.1. The van der Waals surface area contributed by atoms with Gasteiger partial charge >= 0.3 is 0 Å². The molecule has 4 heteroatoms. The minimum Gasteiger partial charge on any atom is -0.352 e. The molecule has 13 heavy (non-hydrogen) atoms. The van der Waals surface area contributed by atoms with Crippen LogP contribution in [0.5, 0.6) is 0 Å². The summed E-state index contributed by atoms with van der Waals surface area (Å²) >= 11 is 1.73. The lowest BCUT2D eigenvalue weighted by Gasteiger charge is -2.03. The molecule has 0 aliphatic carbocycles. The van der Waals surface area contributed by atoms with Crippen molar-refractivity contribution in [3.05, 3.63) is 12.2 Å². The van der Waals surface area contributed by atoms with E-state index in [4.69, 9.17) is 0 Å². The van der Waals surface area contributed by atoms with Gasteiger partial charge in [-0.3, -0.25) is 4.79 Å². The Bertz CT molecular complexity index is 169. The fraction of sp³-hybridized carbons (Fsp3) is 0.667. The summed E-state index contributed by atoms with van der Waals surface area (Å²) in [6, 6.07) is 0. The molecule has 0 saturated carbocycles. The summed E-state index contributed by atoms with van der Waals surface area (Å²) in [6.07, 6.45) is 5.46. The molecule has 0 aromatic heterocycles. The van der Waals surface area contributed by atoms with Crippen molar-refractivity contribution >= 4 is 17.7 Å². The van der Waals surface area contributed by atoms with Crippen LogP contribution >= 0.6 is 11.8 Å². The maximum atomic E-state index is 11.1. The molecule has 0 saturated heterocycles. The highest BCUT2D eigenvalue weighted by atomic mass is 32.2. The lowest BCUT2D eigenvalue weighted by atomic mass is 10.4. The molecule has 0 heterocycles. The van der Waals surface area contributed by atoms with Gasteiger partial charge in [0.1, 0.15) is 0 Å². The van der Waals surface area contributed by atoms with E-state index >= 15 is 0 Å². The van der Waals surface area contributed by atoms with Gasteiger partial charge in [0, 0.05) is 24.9 Å². The lowest BCUT2D eigenvalue weighted by molar-refractivity contribution is -0.116. The number of thioether (sulfide) groups is 1. The third-order valence-corrected chi connectivity index (χ3v) is 1.96. The van der Waals surface area contributed by atoms with Crippen molar-refractivity contribution in [2.45, 2.75) is 0 Å². The topological polar surface area (TPSA) is 32.3 Å². The molecule has 0 aromatic carbocycles. The van der Waals surface area contributed by atoms with Crippen LogP contribution in [-0.2, 0) is 4.79 Å². The number of nitrogens with one attached hydrogen (secondary N) is 1. The van der Waals surface area contributed by atoms with Crippen LogP contribution < -0.4 is 5.32 Å². The summed E-state index contributed by atoms with van der Waals surface area (Å²) in [5.41, 5.74) is 0. The molecular weight excluding hydrogens is 184 g/mol. The highest BCUT2D eigenvalue weighted by Gasteiger charge is 1.92. The quantitative estimate of drug-likeness (QED) is 0.505. The number of hydrogen-bond acceptors (Lipinski definition) is 3. The number of carbonyl (C=O) groups excluding carboxylic acids is 1. The van der Waals surface area contributed by atoms with Gasteiger partial charge < -0.3 is 10.2 Å². The molecule has 0 spiro atoms. The minimum absolute atomic E-state index is 0.00380. The maximum Gasteiger partial charge on any atom is 0.243 e. The summed E-state index contributed by atoms with van der Waals surface area (Å²) in [5.74, 6) is 0.962. The first-order valence-electron chi connectivity index (χ1n) is 4.25. The molecule has 1 N–H and O–H groups in total. The highest BCUT2D eigenvalue weighted by Crippen LogP contribution is 1.87. The minimum atomic E-state index is -0.00380. The van der Waals surface area contributed by atoms with E-state index in [2.05, 4.69) is 5.32 Å². The van der Waals surface area contributed by atoms with E-state index in [9.17, 15) is 4.79 Å². The standard InChI is InChI=1S/C9H18N2OS/c1-11(2)7-4-5-9(12)10-6-8-13-3/h4-5H,6-8H2,1-3H3,(H,10,12)/b5-4+. The molecule has 0 atom stereocenters. The Labute approximate surface area is 84.6 Å². The first-order valence-corrected chi connectivity index (χ1v) is 5.64. The van der Waals surface area contributed by atoms with Crippen molar-refractivity contribution in [2.75, 3.05) is 39.2 Å². The third kappa shape index (κ3) is 9.43. The van der Waals surface area contributed by atoms with Gasteiger partial charge in [0.25, 0.3) is 0 Å². The first-order chi connectivity index (χ1) is 6.16. The van der Waals surface area contributed by atoms with E-state index in [0.29, 0.717) is 0 Å². The molecule has 0 rings (SSSR count). The number of hydrogen-bond donors (Lipinski definition) is 1. The van der Waals surface area contributed by atoms with E-state index in [1.807, 2.05) is 31.3 Å². The van der Waals surface area contributed by atoms with Crippen LogP contribution in [0.1, 0.15) is 0 Å². The Kier molecular flexibility index (Phi) is 7.83. The fourth-order valence-corrected chi connectivity index (χ4v) is 1.01. The summed E-state index contributed by atoms with van der Waals surface area (Å²) in [6.45, 7) is 1.54. The molecule has 3 nitrogen and oxygen atoms in total. The summed E-state index contributed by atoms with van der Waals surface area (Å²) in [7, 11) is 3.94. The Morgan fingerprint density at radius 2 is 2.23 bits per heavy atom. The summed E-state index contributed by atoms with van der Waals surface area (Å²) in [5, 5.41) is 2.79. The van der Waals surface area contributed by atoms with Crippen LogP contribution in [-0.4, -0.2) is 50.0 Å². The second kappa shape index (κ2) is 8.13. The zero-order chi connectivity index (χ0) is 10.1. The van der Waals surface area contributed by atoms with Gasteiger partial charge in [0.05, 0.1) is 0 Å². The Morgan fingerprint density at radius 1 is 1.54 bits per heavy atom. The normalized spacial score (nSPS) is 11.1. The van der Waals surface area contributed by atoms with E-state index in [1.165, 1.54) is 0 Å². The van der Waals surface area contributed by atoms with Crippen molar-refractivity contribution in [3.63, 3.8) is 0 Å². The monoisotopic (exact) mass is 202 g/mol. The number of nitrogens with zero attached hydrogens (tertiary/aromatic N) is 1. The van der Waals surface area contributed by atoms with Gasteiger partial charge in [-0.1, -0.05) is 6.08 Å². The highest BCUT2D eigenvalue weighted by molar-refractivity contribution is 7.98. The molecule has 0 aromatic rings. The van der Waals surface area contributed by atoms with Gasteiger partial charge in [0.15, 0.2) is 0 Å². The molecule has 0 aliphatic rings. The summed E-state index contributed by atoms with van der Waals surface area (Å²) in [4.78, 5) is 13.1. The molecule has 0 radical (unpaired) electrons. The number of carbonyl (C=O) groups is 1. The molecule has 1 amide bonds. The zero-order valence-electron chi connectivity index (χ0n) is 8.54. The fourth-order valence-electron chi connectivity index (χ4n) is 0.706. The van der Waals surface area contributed by atoms with Gasteiger partial charge in [0.2, 0.25) is 5.91 Å². The Hall–Kier alpha value is -0.480. The molecule has 0 bridgehead atoms. The van der Waals surface area contributed by atoms with Crippen LogP contribution in [0.3, 0.4) is 0 Å². The Balaban J connectivity index is 3.44. The second-order valence-corrected chi connectivity index (χ2v) is 3.93. The largest absolute Gasteiger partial charge is 0.352 e. The number of likely N-dealkylation sites (N-methyl/N-ethyl adjacent to an activating group) is 1. The van der Waals surface area contributed by atoms with Crippen molar-refractivity contribution in [1.29, 1.82) is 0 Å². The van der Waals surface area contributed by atoms with E-state index in [1.54, 1.807) is 17.8 Å². The smallest absolute Gasteiger partial charge is 0.243 e. The van der Waals surface area contributed by atoms with Gasteiger partial charge in [-0.15, -0.1) is 0 Å². The first kappa shape index (κ1) is 12.5. The second-order valence-electron chi connectivity index (χ2n) is 2.95. The summed E-state index contributed by atoms with van der Waals surface area (Å²) < 4.78 is 0. The van der Waals surface area contributed by atoms with Crippen LogP contribution in [0.25, 0.3) is 0 Å². The van der Waals surface area contributed by atoms with Crippen molar-refractivity contribution in [2.24, 2.45) is 0 Å². The van der Waals surface area contributed by atoms with Crippen molar-refractivity contribution in [1.82, 2.24) is 10.2 Å². The van der Waals surface area contributed by atoms with E-state index in [0.717, 1.165) is 18.8 Å². The molecule has 76 valence electrons. The SMILES string of the molecule is CSCCNC(=O)/C=C/CN(C)C. The average molecular weight is 202 g/mol. The molecule has 0 aliphatic heterocycles. The average Bonchev–Trinajstić information content (AvgIpc) is 2.04. The van der Waals surface area contributed by atoms with Crippen LogP contribution in [0.4, 0.5) is 0 Å².